The fourth-order valence-electron chi connectivity index (χ4n) is 6.80. The van der Waals surface area contributed by atoms with E-state index >= 15 is 0 Å². The Morgan fingerprint density at radius 3 is 1.74 bits per heavy atom. The summed E-state index contributed by atoms with van der Waals surface area (Å²) >= 11 is 6.27. The summed E-state index contributed by atoms with van der Waals surface area (Å²) in [6.45, 7) is 2.28. The van der Waals surface area contributed by atoms with Crippen LogP contribution in [0.4, 0.5) is 13.2 Å². The average Bonchev–Trinajstić information content (AvgIpc) is 2.85. The van der Waals surface area contributed by atoms with Crippen LogP contribution in [0.2, 0.25) is 5.02 Å². The van der Waals surface area contributed by atoms with Crippen LogP contribution >= 0.6 is 11.6 Å². The Hall–Kier alpha value is -0.700. The van der Waals surface area contributed by atoms with Crippen molar-refractivity contribution in [2.75, 3.05) is 0 Å². The van der Waals surface area contributed by atoms with Gasteiger partial charge in [-0.3, -0.25) is 0 Å². The molecular weight excluding hydrogens is 465 g/mol. The van der Waals surface area contributed by atoms with Crippen molar-refractivity contribution in [3.63, 3.8) is 0 Å². The van der Waals surface area contributed by atoms with Crippen molar-refractivity contribution in [3.8, 4) is 0 Å². The van der Waals surface area contributed by atoms with Crippen molar-refractivity contribution in [2.45, 2.75) is 141 Å². The maximum Gasteiger partial charge on any atom is 0.416 e. The minimum atomic E-state index is -4.33. The van der Waals surface area contributed by atoms with Gasteiger partial charge in [-0.05, 0) is 79.9 Å². The Balaban J connectivity index is 1.27. The molecule has 0 bridgehead atoms. The van der Waals surface area contributed by atoms with Gasteiger partial charge in [0.1, 0.15) is 0 Å². The minimum Gasteiger partial charge on any atom is -0.166 e. The molecule has 3 rings (SSSR count). The first-order valence-corrected chi connectivity index (χ1v) is 15.1. The SMILES string of the molecule is CCCCCCCCCCCCC1CCC(C2CCC(c3ccc(C(F)(F)F)cc3Cl)CC2)CC1. The Morgan fingerprint density at radius 2 is 1.23 bits per heavy atom. The predicted molar refractivity (Wildman–Crippen MR) is 143 cm³/mol. The van der Waals surface area contributed by atoms with Crippen molar-refractivity contribution in [3.05, 3.63) is 34.3 Å². The lowest BCUT2D eigenvalue weighted by atomic mass is 9.68. The molecule has 0 nitrogen and oxygen atoms in total. The lowest BCUT2D eigenvalue weighted by Gasteiger charge is -2.38. The van der Waals surface area contributed by atoms with Crippen molar-refractivity contribution in [1.29, 1.82) is 0 Å². The zero-order valence-corrected chi connectivity index (χ0v) is 22.7. The second kappa shape index (κ2) is 14.9. The standard InChI is InChI=1S/C31H48ClF3/c1-2-3-4-5-6-7-8-9-10-11-12-24-13-15-25(16-14-24)26-17-19-27(20-18-26)29-22-21-28(23-30(29)32)31(33,34)35/h21-27H,2-20H2,1H3. The Bertz CT molecular complexity index is 712. The van der Waals surface area contributed by atoms with Crippen LogP contribution in [0.15, 0.2) is 18.2 Å². The summed E-state index contributed by atoms with van der Waals surface area (Å²) < 4.78 is 38.8. The second-order valence-corrected chi connectivity index (χ2v) is 12.0. The fraction of sp³-hybridized carbons (Fsp3) is 0.806. The molecule has 35 heavy (non-hydrogen) atoms. The number of hydrogen-bond donors (Lipinski definition) is 0. The van der Waals surface area contributed by atoms with Crippen LogP contribution in [-0.4, -0.2) is 0 Å². The van der Waals surface area contributed by atoms with E-state index < -0.39 is 11.7 Å². The van der Waals surface area contributed by atoms with Crippen LogP contribution in [0.1, 0.15) is 146 Å². The second-order valence-electron chi connectivity index (χ2n) is 11.6. The van der Waals surface area contributed by atoms with Gasteiger partial charge in [0.15, 0.2) is 0 Å². The summed E-state index contributed by atoms with van der Waals surface area (Å²) in [5.41, 5.74) is 0.271. The van der Waals surface area contributed by atoms with Crippen LogP contribution in [0.3, 0.4) is 0 Å². The zero-order chi connectivity index (χ0) is 25.1. The first-order chi connectivity index (χ1) is 16.9. The van der Waals surface area contributed by atoms with Gasteiger partial charge in [0.2, 0.25) is 0 Å². The molecule has 0 saturated heterocycles. The van der Waals surface area contributed by atoms with E-state index in [1.54, 1.807) is 6.07 Å². The van der Waals surface area contributed by atoms with Crippen molar-refractivity contribution in [1.82, 2.24) is 0 Å². The summed E-state index contributed by atoms with van der Waals surface area (Å²) in [7, 11) is 0. The molecule has 1 aromatic carbocycles. The quantitative estimate of drug-likeness (QED) is 0.230. The van der Waals surface area contributed by atoms with E-state index in [2.05, 4.69) is 6.92 Å². The molecule has 2 fully saturated rings. The van der Waals surface area contributed by atoms with Crippen molar-refractivity contribution < 1.29 is 13.2 Å². The smallest absolute Gasteiger partial charge is 0.166 e. The molecule has 2 saturated carbocycles. The minimum absolute atomic E-state index is 0.288. The number of benzene rings is 1. The molecule has 0 N–H and O–H groups in total. The Morgan fingerprint density at radius 1 is 0.714 bits per heavy atom. The highest BCUT2D eigenvalue weighted by atomic mass is 35.5. The highest BCUT2D eigenvalue weighted by molar-refractivity contribution is 6.31. The van der Waals surface area contributed by atoms with E-state index in [0.717, 1.165) is 42.2 Å². The topological polar surface area (TPSA) is 0 Å². The number of unbranched alkanes of at least 4 members (excludes halogenated alkanes) is 9. The Kier molecular flexibility index (Phi) is 12.3. The van der Waals surface area contributed by atoms with Crippen LogP contribution in [-0.2, 0) is 6.18 Å². The van der Waals surface area contributed by atoms with Crippen molar-refractivity contribution in [2.24, 2.45) is 17.8 Å². The highest BCUT2D eigenvalue weighted by Gasteiger charge is 2.34. The van der Waals surface area contributed by atoms with Gasteiger partial charge in [-0.25, -0.2) is 0 Å². The lowest BCUT2D eigenvalue weighted by molar-refractivity contribution is -0.137. The molecule has 0 atom stereocenters. The highest BCUT2D eigenvalue weighted by Crippen LogP contribution is 2.46. The number of rotatable bonds is 13. The third kappa shape index (κ3) is 9.60. The molecule has 0 spiro atoms. The lowest BCUT2D eigenvalue weighted by Crippen LogP contribution is -2.25. The van der Waals surface area contributed by atoms with E-state index in [0.29, 0.717) is 5.92 Å². The maximum atomic E-state index is 12.9. The first-order valence-electron chi connectivity index (χ1n) is 14.7. The fourth-order valence-corrected chi connectivity index (χ4v) is 7.14. The third-order valence-electron chi connectivity index (χ3n) is 9.06. The molecule has 0 radical (unpaired) electrons. The van der Waals surface area contributed by atoms with E-state index in [1.807, 2.05) is 0 Å². The maximum absolute atomic E-state index is 12.9. The zero-order valence-electron chi connectivity index (χ0n) is 22.0. The average molecular weight is 513 g/mol. The van der Waals surface area contributed by atoms with Gasteiger partial charge in [-0.1, -0.05) is 108 Å². The molecule has 2 aliphatic carbocycles. The number of halogens is 4. The van der Waals surface area contributed by atoms with E-state index in [4.69, 9.17) is 11.6 Å². The monoisotopic (exact) mass is 512 g/mol. The van der Waals surface area contributed by atoms with Gasteiger partial charge < -0.3 is 0 Å². The number of hydrogen-bond acceptors (Lipinski definition) is 0. The normalized spacial score (nSPS) is 25.6. The molecular formula is C31H48ClF3. The molecule has 0 heterocycles. The first kappa shape index (κ1) is 28.9. The Labute approximate surface area is 217 Å². The molecule has 1 aromatic rings. The predicted octanol–water partition coefficient (Wildman–Crippen LogP) is 11.7. The van der Waals surface area contributed by atoms with E-state index in [9.17, 15) is 13.2 Å². The van der Waals surface area contributed by atoms with Crippen molar-refractivity contribution >= 4 is 11.6 Å². The van der Waals surface area contributed by atoms with Crippen LogP contribution in [0.25, 0.3) is 0 Å². The van der Waals surface area contributed by atoms with Gasteiger partial charge in [-0.2, -0.15) is 13.2 Å². The summed E-state index contributed by atoms with van der Waals surface area (Å²) in [5, 5.41) is 0.288. The molecule has 0 amide bonds. The summed E-state index contributed by atoms with van der Waals surface area (Å²) in [4.78, 5) is 0. The molecule has 200 valence electrons. The van der Waals surface area contributed by atoms with Gasteiger partial charge in [0, 0.05) is 5.02 Å². The van der Waals surface area contributed by atoms with Crippen LogP contribution in [0, 0.1) is 17.8 Å². The van der Waals surface area contributed by atoms with E-state index in [1.165, 1.54) is 115 Å². The van der Waals surface area contributed by atoms with Gasteiger partial charge in [0.25, 0.3) is 0 Å². The third-order valence-corrected chi connectivity index (χ3v) is 9.39. The molecule has 4 heteroatoms. The largest absolute Gasteiger partial charge is 0.416 e. The van der Waals surface area contributed by atoms with E-state index in [-0.39, 0.29) is 5.02 Å². The number of alkyl halides is 3. The van der Waals surface area contributed by atoms with Gasteiger partial charge >= 0.3 is 6.18 Å². The summed E-state index contributed by atoms with van der Waals surface area (Å²) in [6, 6.07) is 3.93. The van der Waals surface area contributed by atoms with Gasteiger partial charge in [-0.15, -0.1) is 0 Å². The van der Waals surface area contributed by atoms with Gasteiger partial charge in [0.05, 0.1) is 5.56 Å². The van der Waals surface area contributed by atoms with Crippen LogP contribution in [0.5, 0.6) is 0 Å². The summed E-state index contributed by atoms with van der Waals surface area (Å²) in [5.74, 6) is 2.93. The molecule has 0 aliphatic heterocycles. The summed E-state index contributed by atoms with van der Waals surface area (Å²) in [6.07, 6.45) is 21.4. The van der Waals surface area contributed by atoms with Crippen LogP contribution < -0.4 is 0 Å². The molecule has 2 aliphatic rings. The molecule has 0 unspecified atom stereocenters. The molecule has 0 aromatic heterocycles.